The highest BCUT2D eigenvalue weighted by Crippen LogP contribution is 2.05. The van der Waals surface area contributed by atoms with Crippen molar-refractivity contribution in [3.63, 3.8) is 0 Å². The van der Waals surface area contributed by atoms with Crippen molar-refractivity contribution in [1.29, 1.82) is 0 Å². The zero-order chi connectivity index (χ0) is 12.0. The highest BCUT2D eigenvalue weighted by atomic mass is 16.1. The van der Waals surface area contributed by atoms with Gasteiger partial charge in [-0.3, -0.25) is 4.79 Å². The number of benzene rings is 1. The Balaban J connectivity index is 2.41. The van der Waals surface area contributed by atoms with Gasteiger partial charge in [0.1, 0.15) is 0 Å². The molecule has 0 saturated heterocycles. The van der Waals surface area contributed by atoms with E-state index in [0.717, 1.165) is 13.1 Å². The molecule has 1 aromatic carbocycles. The average Bonchev–Trinajstić information content (AvgIpc) is 2.28. The van der Waals surface area contributed by atoms with E-state index in [1.165, 1.54) is 0 Å². The van der Waals surface area contributed by atoms with E-state index in [9.17, 15) is 4.79 Å². The zero-order valence-corrected chi connectivity index (χ0v) is 9.86. The minimum atomic E-state index is -0.0724. The molecule has 0 unspecified atom stereocenters. The molecule has 4 heteroatoms. The maximum atomic E-state index is 11.7. The fourth-order valence-electron chi connectivity index (χ4n) is 1.30. The summed E-state index contributed by atoms with van der Waals surface area (Å²) in [5, 5.41) is 2.86. The Morgan fingerprint density at radius 2 is 2.25 bits per heavy atom. The molecule has 1 amide bonds. The van der Waals surface area contributed by atoms with Crippen molar-refractivity contribution in [1.82, 2.24) is 10.2 Å². The molecular weight excluding hydrogens is 202 g/mol. The Kier molecular flexibility index (Phi) is 4.79. The Morgan fingerprint density at radius 1 is 1.50 bits per heavy atom. The van der Waals surface area contributed by atoms with Gasteiger partial charge in [0.25, 0.3) is 5.91 Å². The van der Waals surface area contributed by atoms with Gasteiger partial charge >= 0.3 is 0 Å². The van der Waals surface area contributed by atoms with Gasteiger partial charge in [0, 0.05) is 24.3 Å². The lowest BCUT2D eigenvalue weighted by atomic mass is 10.2. The van der Waals surface area contributed by atoms with E-state index in [-0.39, 0.29) is 5.91 Å². The first kappa shape index (κ1) is 12.5. The number of likely N-dealkylation sites (N-methyl/N-ethyl adjacent to an activating group) is 1. The molecule has 0 bridgehead atoms. The summed E-state index contributed by atoms with van der Waals surface area (Å²) < 4.78 is 0. The van der Waals surface area contributed by atoms with Gasteiger partial charge in [-0.1, -0.05) is 13.0 Å². The third kappa shape index (κ3) is 3.90. The molecule has 0 saturated carbocycles. The van der Waals surface area contributed by atoms with Gasteiger partial charge in [-0.15, -0.1) is 0 Å². The minimum absolute atomic E-state index is 0.0724. The van der Waals surface area contributed by atoms with Gasteiger partial charge < -0.3 is 16.0 Å². The topological polar surface area (TPSA) is 58.4 Å². The van der Waals surface area contributed by atoms with Crippen LogP contribution in [0.1, 0.15) is 17.3 Å². The van der Waals surface area contributed by atoms with Crippen molar-refractivity contribution in [3.05, 3.63) is 29.8 Å². The fourth-order valence-corrected chi connectivity index (χ4v) is 1.30. The molecule has 0 aliphatic heterocycles. The Bertz CT molecular complexity index is 352. The van der Waals surface area contributed by atoms with E-state index < -0.39 is 0 Å². The van der Waals surface area contributed by atoms with Gasteiger partial charge in [-0.2, -0.15) is 0 Å². The van der Waals surface area contributed by atoms with Crippen LogP contribution < -0.4 is 11.1 Å². The lowest BCUT2D eigenvalue weighted by Crippen LogP contribution is -2.32. The van der Waals surface area contributed by atoms with Crippen molar-refractivity contribution in [2.45, 2.75) is 6.92 Å². The van der Waals surface area contributed by atoms with Crippen LogP contribution in [0.4, 0.5) is 5.69 Å². The van der Waals surface area contributed by atoms with Crippen molar-refractivity contribution in [3.8, 4) is 0 Å². The normalized spacial score (nSPS) is 10.4. The number of nitrogens with two attached hydrogens (primary N) is 1. The van der Waals surface area contributed by atoms with E-state index in [1.54, 1.807) is 24.3 Å². The molecule has 4 nitrogen and oxygen atoms in total. The summed E-state index contributed by atoms with van der Waals surface area (Å²) in [6, 6.07) is 6.98. The molecule has 0 heterocycles. The smallest absolute Gasteiger partial charge is 0.251 e. The van der Waals surface area contributed by atoms with E-state index in [1.807, 2.05) is 7.05 Å². The van der Waals surface area contributed by atoms with Crippen LogP contribution in [-0.4, -0.2) is 37.5 Å². The van der Waals surface area contributed by atoms with Crippen LogP contribution in [0.25, 0.3) is 0 Å². The monoisotopic (exact) mass is 221 g/mol. The van der Waals surface area contributed by atoms with E-state index >= 15 is 0 Å². The highest BCUT2D eigenvalue weighted by Gasteiger charge is 2.04. The first-order valence-corrected chi connectivity index (χ1v) is 5.45. The van der Waals surface area contributed by atoms with Crippen molar-refractivity contribution in [2.75, 3.05) is 32.4 Å². The summed E-state index contributed by atoms with van der Waals surface area (Å²) in [6.45, 7) is 4.57. The first-order valence-electron chi connectivity index (χ1n) is 5.45. The average molecular weight is 221 g/mol. The van der Waals surface area contributed by atoms with Crippen LogP contribution in [0.5, 0.6) is 0 Å². The number of hydrogen-bond acceptors (Lipinski definition) is 3. The Morgan fingerprint density at radius 3 is 2.88 bits per heavy atom. The Labute approximate surface area is 96.4 Å². The summed E-state index contributed by atoms with van der Waals surface area (Å²) in [6.07, 6.45) is 0. The predicted octanol–water partition coefficient (Wildman–Crippen LogP) is 0.950. The molecular formula is C12H19N3O. The molecule has 0 fully saturated rings. The summed E-state index contributed by atoms with van der Waals surface area (Å²) >= 11 is 0. The van der Waals surface area contributed by atoms with Crippen LogP contribution in [-0.2, 0) is 0 Å². The number of carbonyl (C=O) groups excluding carboxylic acids is 1. The van der Waals surface area contributed by atoms with E-state index in [2.05, 4.69) is 17.1 Å². The number of nitrogens with one attached hydrogen (secondary N) is 1. The third-order valence-electron chi connectivity index (χ3n) is 2.47. The molecule has 0 aliphatic rings. The summed E-state index contributed by atoms with van der Waals surface area (Å²) in [4.78, 5) is 13.8. The summed E-state index contributed by atoms with van der Waals surface area (Å²) in [5.74, 6) is -0.0724. The van der Waals surface area contributed by atoms with Crippen molar-refractivity contribution in [2.24, 2.45) is 0 Å². The number of carbonyl (C=O) groups is 1. The van der Waals surface area contributed by atoms with Crippen LogP contribution in [0.3, 0.4) is 0 Å². The number of amides is 1. The zero-order valence-electron chi connectivity index (χ0n) is 9.86. The van der Waals surface area contributed by atoms with Gasteiger partial charge in [0.15, 0.2) is 0 Å². The molecule has 0 radical (unpaired) electrons. The van der Waals surface area contributed by atoms with Gasteiger partial charge in [-0.05, 0) is 31.8 Å². The molecule has 3 N–H and O–H groups in total. The van der Waals surface area contributed by atoms with Crippen LogP contribution in [0.15, 0.2) is 24.3 Å². The van der Waals surface area contributed by atoms with Crippen LogP contribution in [0.2, 0.25) is 0 Å². The maximum Gasteiger partial charge on any atom is 0.251 e. The summed E-state index contributed by atoms with van der Waals surface area (Å²) in [5.41, 5.74) is 6.83. The molecule has 1 rings (SSSR count). The number of hydrogen-bond donors (Lipinski definition) is 2. The number of nitrogen functional groups attached to an aromatic ring is 1. The SMILES string of the molecule is CCN(C)CCNC(=O)c1cccc(N)c1. The number of anilines is 1. The second-order valence-corrected chi connectivity index (χ2v) is 3.78. The third-order valence-corrected chi connectivity index (χ3v) is 2.47. The number of rotatable bonds is 5. The van der Waals surface area contributed by atoms with Gasteiger partial charge in [0.05, 0.1) is 0 Å². The second-order valence-electron chi connectivity index (χ2n) is 3.78. The quantitative estimate of drug-likeness (QED) is 0.728. The molecule has 0 aromatic heterocycles. The number of nitrogens with zero attached hydrogens (tertiary/aromatic N) is 1. The fraction of sp³-hybridized carbons (Fsp3) is 0.417. The first-order chi connectivity index (χ1) is 7.63. The predicted molar refractivity (Wildman–Crippen MR) is 66.4 cm³/mol. The van der Waals surface area contributed by atoms with Crippen molar-refractivity contribution >= 4 is 11.6 Å². The Hall–Kier alpha value is -1.55. The second kappa shape index (κ2) is 6.12. The summed E-state index contributed by atoms with van der Waals surface area (Å²) in [7, 11) is 2.02. The van der Waals surface area contributed by atoms with Crippen LogP contribution >= 0.6 is 0 Å². The van der Waals surface area contributed by atoms with E-state index in [0.29, 0.717) is 17.8 Å². The lowest BCUT2D eigenvalue weighted by Gasteiger charge is -2.14. The minimum Gasteiger partial charge on any atom is -0.399 e. The highest BCUT2D eigenvalue weighted by molar-refractivity contribution is 5.94. The van der Waals surface area contributed by atoms with Crippen LogP contribution in [0, 0.1) is 0 Å². The molecule has 1 aromatic rings. The largest absolute Gasteiger partial charge is 0.399 e. The molecule has 0 spiro atoms. The molecule has 0 atom stereocenters. The van der Waals surface area contributed by atoms with Crippen molar-refractivity contribution < 1.29 is 4.79 Å². The van der Waals surface area contributed by atoms with Gasteiger partial charge in [0.2, 0.25) is 0 Å². The standard InChI is InChI=1S/C12H19N3O/c1-3-15(2)8-7-14-12(16)10-5-4-6-11(13)9-10/h4-6,9H,3,7-8,13H2,1-2H3,(H,14,16). The maximum absolute atomic E-state index is 11.7. The van der Waals surface area contributed by atoms with Gasteiger partial charge in [-0.25, -0.2) is 0 Å². The van der Waals surface area contributed by atoms with E-state index in [4.69, 9.17) is 5.73 Å². The molecule has 0 aliphatic carbocycles. The lowest BCUT2D eigenvalue weighted by molar-refractivity contribution is 0.0950. The molecule has 16 heavy (non-hydrogen) atoms. The molecule has 88 valence electrons.